The molecule has 1 atom stereocenters. The van der Waals surface area contributed by atoms with Gasteiger partial charge in [-0.25, -0.2) is 18.4 Å². The van der Waals surface area contributed by atoms with Crippen LogP contribution in [-0.2, 0) is 20.0 Å². The number of ether oxygens (including phenoxy) is 1. The highest BCUT2D eigenvalue weighted by molar-refractivity contribution is 7.92. The molecule has 4 rings (SSSR count). The summed E-state index contributed by atoms with van der Waals surface area (Å²) in [4.78, 5) is 11.7. The fourth-order valence-electron chi connectivity index (χ4n) is 4.20. The molecule has 0 amide bonds. The molecular weight excluding hydrogens is 416 g/mol. The number of sulfone groups is 1. The second-order valence-corrected chi connectivity index (χ2v) is 10.3. The van der Waals surface area contributed by atoms with Gasteiger partial charge in [-0.2, -0.15) is 0 Å². The number of nitrogens with two attached hydrogens (primary N) is 1. The Morgan fingerprint density at radius 2 is 1.90 bits per heavy atom. The zero-order valence-corrected chi connectivity index (χ0v) is 18.2. The van der Waals surface area contributed by atoms with Crippen LogP contribution in [0.5, 0.6) is 0 Å². The summed E-state index contributed by atoms with van der Waals surface area (Å²) >= 11 is 0. The summed E-state index contributed by atoms with van der Waals surface area (Å²) in [6.07, 6.45) is 2.66. The van der Waals surface area contributed by atoms with Crippen LogP contribution in [0.2, 0.25) is 0 Å². The van der Waals surface area contributed by atoms with Crippen molar-refractivity contribution in [2.45, 2.75) is 23.5 Å². The van der Waals surface area contributed by atoms with E-state index in [0.29, 0.717) is 56.4 Å². The third-order valence-electron chi connectivity index (χ3n) is 6.08. The number of aromatic nitrogens is 2. The quantitative estimate of drug-likeness (QED) is 0.465. The highest BCUT2D eigenvalue weighted by Crippen LogP contribution is 2.53. The van der Waals surface area contributed by atoms with Crippen molar-refractivity contribution in [2.24, 2.45) is 0 Å². The summed E-state index contributed by atoms with van der Waals surface area (Å²) in [5, 5.41) is 9.14. The maximum Gasteiger partial charge on any atom is 0.161 e. The number of aliphatic hydroxyl groups is 1. The van der Waals surface area contributed by atoms with E-state index in [9.17, 15) is 13.5 Å². The van der Waals surface area contributed by atoms with E-state index in [4.69, 9.17) is 20.4 Å². The molecular formula is C22H28N4O4S. The van der Waals surface area contributed by atoms with Crippen LogP contribution in [0.4, 0.5) is 11.5 Å². The molecule has 1 aromatic heterocycles. The van der Waals surface area contributed by atoms with Gasteiger partial charge in [-0.05, 0) is 37.1 Å². The summed E-state index contributed by atoms with van der Waals surface area (Å²) < 4.78 is 31.2. The lowest BCUT2D eigenvalue weighted by molar-refractivity contribution is 0.122. The molecule has 2 aliphatic rings. The van der Waals surface area contributed by atoms with Crippen LogP contribution in [0.3, 0.4) is 0 Å². The summed E-state index contributed by atoms with van der Waals surface area (Å²) in [5.41, 5.74) is 7.21. The average Bonchev–Trinajstić information content (AvgIpc) is 3.56. The van der Waals surface area contributed by atoms with Gasteiger partial charge in [0, 0.05) is 35.8 Å². The molecule has 31 heavy (non-hydrogen) atoms. The van der Waals surface area contributed by atoms with Crippen molar-refractivity contribution < 1.29 is 18.3 Å². The topological polar surface area (TPSA) is 119 Å². The van der Waals surface area contributed by atoms with Crippen LogP contribution in [0.15, 0.2) is 43.0 Å². The molecule has 0 radical (unpaired) electrons. The van der Waals surface area contributed by atoms with Crippen LogP contribution in [-0.4, -0.2) is 67.4 Å². The number of nitrogen functional groups attached to an aromatic ring is 1. The Hall–Kier alpha value is -2.49. The van der Waals surface area contributed by atoms with E-state index < -0.39 is 27.1 Å². The van der Waals surface area contributed by atoms with Crippen LogP contribution >= 0.6 is 0 Å². The standard InChI is InChI=1S/C22H28N4O4S/c1-2-13-31(28,29)19(15-27)22(7-8-22)18-14-20(26-9-11-30-12-10-26)25-21(24-18)16-3-5-17(23)6-4-16/h2-6,14,19,27H,1,7-13,15,23H2. The van der Waals surface area contributed by atoms with Gasteiger partial charge >= 0.3 is 0 Å². The molecule has 2 fully saturated rings. The normalized spacial score (nSPS) is 19.1. The first kappa shape index (κ1) is 21.7. The highest BCUT2D eigenvalue weighted by Gasteiger charge is 2.56. The fourth-order valence-corrected chi connectivity index (χ4v) is 6.03. The maximum absolute atomic E-state index is 12.9. The number of benzene rings is 1. The van der Waals surface area contributed by atoms with Crippen LogP contribution in [0.1, 0.15) is 18.5 Å². The minimum Gasteiger partial charge on any atom is -0.399 e. The highest BCUT2D eigenvalue weighted by atomic mass is 32.2. The van der Waals surface area contributed by atoms with Crippen molar-refractivity contribution >= 4 is 21.3 Å². The SMILES string of the molecule is C=CCS(=O)(=O)C(CO)C1(c2cc(N3CCOCC3)nc(-c3ccc(N)cc3)n2)CC1. The van der Waals surface area contributed by atoms with E-state index in [1.807, 2.05) is 18.2 Å². The van der Waals surface area contributed by atoms with E-state index in [-0.39, 0.29) is 5.75 Å². The minimum absolute atomic E-state index is 0.174. The van der Waals surface area contributed by atoms with Crippen molar-refractivity contribution in [3.8, 4) is 11.4 Å². The zero-order chi connectivity index (χ0) is 22.1. The minimum atomic E-state index is -3.57. The molecule has 1 saturated carbocycles. The van der Waals surface area contributed by atoms with E-state index in [2.05, 4.69) is 11.5 Å². The zero-order valence-electron chi connectivity index (χ0n) is 17.4. The van der Waals surface area contributed by atoms with Gasteiger partial charge in [0.1, 0.15) is 5.82 Å². The third kappa shape index (κ3) is 4.30. The number of hydrogen-bond acceptors (Lipinski definition) is 8. The van der Waals surface area contributed by atoms with Crippen molar-refractivity contribution in [1.29, 1.82) is 0 Å². The molecule has 0 bridgehead atoms. The first-order chi connectivity index (χ1) is 14.9. The van der Waals surface area contributed by atoms with Gasteiger partial charge in [0.05, 0.1) is 36.5 Å². The molecule has 2 aromatic rings. The monoisotopic (exact) mass is 444 g/mol. The first-order valence-corrected chi connectivity index (χ1v) is 12.1. The lowest BCUT2D eigenvalue weighted by Crippen LogP contribution is -2.40. The molecule has 3 N–H and O–H groups in total. The van der Waals surface area contributed by atoms with Gasteiger partial charge in [0.2, 0.25) is 0 Å². The molecule has 8 nitrogen and oxygen atoms in total. The van der Waals surface area contributed by atoms with Crippen LogP contribution in [0.25, 0.3) is 11.4 Å². The maximum atomic E-state index is 12.9. The molecule has 166 valence electrons. The second-order valence-electron chi connectivity index (χ2n) is 8.10. The fraction of sp³-hybridized carbons (Fsp3) is 0.455. The van der Waals surface area contributed by atoms with Gasteiger partial charge in [0.25, 0.3) is 0 Å². The number of morpholine rings is 1. The first-order valence-electron chi connectivity index (χ1n) is 10.4. The number of anilines is 2. The molecule has 1 unspecified atom stereocenters. The van der Waals surface area contributed by atoms with E-state index in [1.54, 1.807) is 12.1 Å². The lowest BCUT2D eigenvalue weighted by Gasteiger charge is -2.30. The van der Waals surface area contributed by atoms with Crippen LogP contribution < -0.4 is 10.6 Å². The Labute approximate surface area is 182 Å². The Balaban J connectivity index is 1.81. The Morgan fingerprint density at radius 1 is 1.23 bits per heavy atom. The van der Waals surface area contributed by atoms with Gasteiger partial charge < -0.3 is 20.5 Å². The second kappa shape index (κ2) is 8.57. The van der Waals surface area contributed by atoms with Gasteiger partial charge in [-0.3, -0.25) is 0 Å². The van der Waals surface area contributed by atoms with Crippen molar-refractivity contribution in [1.82, 2.24) is 9.97 Å². The molecule has 1 aliphatic heterocycles. The van der Waals surface area contributed by atoms with Crippen LogP contribution in [0, 0.1) is 0 Å². The number of nitrogens with zero attached hydrogens (tertiary/aromatic N) is 3. The third-order valence-corrected chi connectivity index (χ3v) is 8.25. The summed E-state index contributed by atoms with van der Waals surface area (Å²) in [7, 11) is -3.57. The summed E-state index contributed by atoms with van der Waals surface area (Å²) in [6, 6.07) is 9.17. The number of rotatable bonds is 8. The molecule has 1 saturated heterocycles. The van der Waals surface area contributed by atoms with Crippen molar-refractivity contribution in [3.05, 3.63) is 48.7 Å². The van der Waals surface area contributed by atoms with E-state index in [0.717, 1.165) is 11.4 Å². The Bertz CT molecular complexity index is 1050. The van der Waals surface area contributed by atoms with Gasteiger partial charge in [-0.15, -0.1) is 6.58 Å². The van der Waals surface area contributed by atoms with E-state index >= 15 is 0 Å². The summed E-state index contributed by atoms with van der Waals surface area (Å²) in [5.74, 6) is 1.08. The van der Waals surface area contributed by atoms with Gasteiger partial charge in [0.15, 0.2) is 15.7 Å². The predicted molar refractivity (Wildman–Crippen MR) is 121 cm³/mol. The van der Waals surface area contributed by atoms with E-state index in [1.165, 1.54) is 6.08 Å². The molecule has 1 aliphatic carbocycles. The Kier molecular flexibility index (Phi) is 6.00. The predicted octanol–water partition coefficient (Wildman–Crippen LogP) is 1.56. The number of hydrogen-bond donors (Lipinski definition) is 2. The Morgan fingerprint density at radius 3 is 2.48 bits per heavy atom. The largest absolute Gasteiger partial charge is 0.399 e. The smallest absolute Gasteiger partial charge is 0.161 e. The van der Waals surface area contributed by atoms with Crippen molar-refractivity contribution in [2.75, 3.05) is 49.3 Å². The number of aliphatic hydroxyl groups excluding tert-OH is 1. The van der Waals surface area contributed by atoms with Crippen molar-refractivity contribution in [3.63, 3.8) is 0 Å². The summed E-state index contributed by atoms with van der Waals surface area (Å²) in [6.45, 7) is 5.71. The van der Waals surface area contributed by atoms with Gasteiger partial charge in [-0.1, -0.05) is 6.08 Å². The lowest BCUT2D eigenvalue weighted by atomic mass is 9.97. The average molecular weight is 445 g/mol. The molecule has 1 aromatic carbocycles. The molecule has 2 heterocycles. The molecule has 9 heteroatoms. The molecule has 0 spiro atoms.